The molecule has 0 fully saturated rings. The van der Waals surface area contributed by atoms with Crippen LogP contribution in [0.25, 0.3) is 0 Å². The number of rotatable bonds is 10. The Morgan fingerprint density at radius 2 is 1.15 bits per heavy atom. The smallest absolute Gasteiger partial charge is 0.00202 e. The second-order valence-corrected chi connectivity index (χ2v) is 6.93. The summed E-state index contributed by atoms with van der Waals surface area (Å²) in [6, 6.07) is 32.5. The second-order valence-electron chi connectivity index (χ2n) is 6.93. The van der Waals surface area contributed by atoms with E-state index in [0.717, 1.165) is 25.9 Å². The van der Waals surface area contributed by atoms with Gasteiger partial charge in [0, 0.05) is 6.54 Å². The number of nitrogens with one attached hydrogen (secondary N) is 1. The summed E-state index contributed by atoms with van der Waals surface area (Å²) >= 11 is 0. The van der Waals surface area contributed by atoms with E-state index in [9.17, 15) is 0 Å². The minimum atomic E-state index is 0.579. The van der Waals surface area contributed by atoms with Crippen LogP contribution >= 0.6 is 0 Å². The van der Waals surface area contributed by atoms with Crippen LogP contribution in [0.1, 0.15) is 35.4 Å². The van der Waals surface area contributed by atoms with Crippen molar-refractivity contribution in [3.05, 3.63) is 108 Å². The summed E-state index contributed by atoms with van der Waals surface area (Å²) in [6.07, 6.45) is 4.70. The fraction of sp³-hybridized carbons (Fsp3) is 0.280. The van der Waals surface area contributed by atoms with Gasteiger partial charge in [-0.1, -0.05) is 91.0 Å². The average molecular weight is 344 g/mol. The van der Waals surface area contributed by atoms with Crippen molar-refractivity contribution in [1.82, 2.24) is 5.32 Å². The fourth-order valence-electron chi connectivity index (χ4n) is 3.46. The van der Waals surface area contributed by atoms with Crippen molar-refractivity contribution in [2.75, 3.05) is 13.1 Å². The molecule has 3 aromatic carbocycles. The van der Waals surface area contributed by atoms with Crippen molar-refractivity contribution in [2.45, 2.75) is 31.6 Å². The molecule has 3 aromatic rings. The summed E-state index contributed by atoms with van der Waals surface area (Å²) in [5, 5.41) is 3.68. The number of hydrogen-bond donors (Lipinski definition) is 1. The predicted octanol–water partition coefficient (Wildman–Crippen LogP) is 5.63. The first kappa shape index (κ1) is 18.4. The molecule has 1 atom stereocenters. The Morgan fingerprint density at radius 3 is 1.77 bits per heavy atom. The predicted molar refractivity (Wildman–Crippen MR) is 112 cm³/mol. The van der Waals surface area contributed by atoms with E-state index in [1.807, 2.05) is 0 Å². The summed E-state index contributed by atoms with van der Waals surface area (Å²) in [5.41, 5.74) is 4.30. The Morgan fingerprint density at radius 1 is 0.615 bits per heavy atom. The van der Waals surface area contributed by atoms with Gasteiger partial charge in [0.2, 0.25) is 0 Å². The van der Waals surface area contributed by atoms with Gasteiger partial charge in [-0.2, -0.15) is 0 Å². The molecule has 1 N–H and O–H groups in total. The maximum Gasteiger partial charge on any atom is 0.00202 e. The SMILES string of the molecule is c1ccc(CCCC(CNCCc2ccccc2)c2ccccc2)cc1. The van der Waals surface area contributed by atoms with Crippen LogP contribution in [0.4, 0.5) is 0 Å². The first-order valence-electron chi connectivity index (χ1n) is 9.75. The van der Waals surface area contributed by atoms with Crippen LogP contribution in [0.3, 0.4) is 0 Å². The Kier molecular flexibility index (Phi) is 7.49. The molecule has 0 aliphatic heterocycles. The fourth-order valence-corrected chi connectivity index (χ4v) is 3.46. The van der Waals surface area contributed by atoms with Gasteiger partial charge in [-0.05, 0) is 54.8 Å². The van der Waals surface area contributed by atoms with Gasteiger partial charge >= 0.3 is 0 Å². The largest absolute Gasteiger partial charge is 0.316 e. The lowest BCUT2D eigenvalue weighted by atomic mass is 9.92. The van der Waals surface area contributed by atoms with E-state index in [2.05, 4.69) is 96.3 Å². The Labute approximate surface area is 158 Å². The molecule has 0 heterocycles. The highest BCUT2D eigenvalue weighted by Crippen LogP contribution is 2.21. The maximum absolute atomic E-state index is 3.68. The van der Waals surface area contributed by atoms with Gasteiger partial charge in [0.05, 0.1) is 0 Å². The van der Waals surface area contributed by atoms with Gasteiger partial charge in [0.15, 0.2) is 0 Å². The zero-order valence-electron chi connectivity index (χ0n) is 15.5. The molecule has 26 heavy (non-hydrogen) atoms. The summed E-state index contributed by atoms with van der Waals surface area (Å²) in [4.78, 5) is 0. The maximum atomic E-state index is 3.68. The van der Waals surface area contributed by atoms with E-state index >= 15 is 0 Å². The van der Waals surface area contributed by atoms with Crippen LogP contribution in [0.15, 0.2) is 91.0 Å². The molecule has 134 valence electrons. The first-order valence-corrected chi connectivity index (χ1v) is 9.75. The van der Waals surface area contributed by atoms with Gasteiger partial charge < -0.3 is 5.32 Å². The molecule has 0 radical (unpaired) electrons. The molecule has 0 spiro atoms. The van der Waals surface area contributed by atoms with Crippen molar-refractivity contribution < 1.29 is 0 Å². The topological polar surface area (TPSA) is 12.0 Å². The lowest BCUT2D eigenvalue weighted by molar-refractivity contribution is 0.534. The molecule has 1 unspecified atom stereocenters. The van der Waals surface area contributed by atoms with Crippen LogP contribution < -0.4 is 5.32 Å². The third-order valence-corrected chi connectivity index (χ3v) is 4.96. The van der Waals surface area contributed by atoms with Crippen molar-refractivity contribution in [1.29, 1.82) is 0 Å². The molecular formula is C25H29N. The Balaban J connectivity index is 1.48. The third kappa shape index (κ3) is 6.16. The normalized spacial score (nSPS) is 12.0. The van der Waals surface area contributed by atoms with Crippen LogP contribution in [0, 0.1) is 0 Å². The van der Waals surface area contributed by atoms with Gasteiger partial charge in [0.1, 0.15) is 0 Å². The highest BCUT2D eigenvalue weighted by Gasteiger charge is 2.11. The molecule has 0 aliphatic rings. The molecule has 0 amide bonds. The van der Waals surface area contributed by atoms with Crippen LogP contribution in [0.5, 0.6) is 0 Å². The van der Waals surface area contributed by atoms with Crippen molar-refractivity contribution in [2.24, 2.45) is 0 Å². The van der Waals surface area contributed by atoms with Crippen LogP contribution in [-0.4, -0.2) is 13.1 Å². The molecule has 0 aromatic heterocycles. The third-order valence-electron chi connectivity index (χ3n) is 4.96. The van der Waals surface area contributed by atoms with Gasteiger partial charge in [0.25, 0.3) is 0 Å². The summed E-state index contributed by atoms with van der Waals surface area (Å²) in [5.74, 6) is 0.579. The van der Waals surface area contributed by atoms with E-state index in [4.69, 9.17) is 0 Å². The molecular weight excluding hydrogens is 314 g/mol. The zero-order valence-corrected chi connectivity index (χ0v) is 15.5. The molecule has 0 bridgehead atoms. The number of aryl methyl sites for hydroxylation is 1. The van der Waals surface area contributed by atoms with Crippen LogP contribution in [0.2, 0.25) is 0 Å². The molecule has 1 heteroatoms. The summed E-state index contributed by atoms with van der Waals surface area (Å²) < 4.78 is 0. The van der Waals surface area contributed by atoms with Crippen molar-refractivity contribution in [3.8, 4) is 0 Å². The summed E-state index contributed by atoms with van der Waals surface area (Å²) in [6.45, 7) is 2.08. The minimum absolute atomic E-state index is 0.579. The zero-order chi connectivity index (χ0) is 17.9. The van der Waals surface area contributed by atoms with E-state index in [1.54, 1.807) is 0 Å². The Bertz CT molecular complexity index is 722. The molecule has 3 rings (SSSR count). The van der Waals surface area contributed by atoms with E-state index in [-0.39, 0.29) is 0 Å². The summed E-state index contributed by atoms with van der Waals surface area (Å²) in [7, 11) is 0. The number of benzene rings is 3. The lowest BCUT2D eigenvalue weighted by Gasteiger charge is -2.18. The standard InChI is InChI=1S/C25H29N/c1-4-11-22(12-5-1)15-10-18-25(24-16-8-3-9-17-24)21-26-20-19-23-13-6-2-7-14-23/h1-9,11-14,16-17,25-26H,10,15,18-21H2. The quantitative estimate of drug-likeness (QED) is 0.471. The highest BCUT2D eigenvalue weighted by molar-refractivity contribution is 5.20. The van der Waals surface area contributed by atoms with E-state index in [1.165, 1.54) is 29.5 Å². The monoisotopic (exact) mass is 343 g/mol. The minimum Gasteiger partial charge on any atom is -0.316 e. The highest BCUT2D eigenvalue weighted by atomic mass is 14.9. The Hall–Kier alpha value is -2.38. The average Bonchev–Trinajstić information content (AvgIpc) is 2.72. The van der Waals surface area contributed by atoms with Crippen molar-refractivity contribution in [3.63, 3.8) is 0 Å². The van der Waals surface area contributed by atoms with Crippen molar-refractivity contribution >= 4 is 0 Å². The van der Waals surface area contributed by atoms with Gasteiger partial charge in [-0.25, -0.2) is 0 Å². The second kappa shape index (κ2) is 10.6. The van der Waals surface area contributed by atoms with Gasteiger partial charge in [-0.15, -0.1) is 0 Å². The molecule has 1 nitrogen and oxygen atoms in total. The van der Waals surface area contributed by atoms with E-state index < -0.39 is 0 Å². The van der Waals surface area contributed by atoms with Crippen LogP contribution in [-0.2, 0) is 12.8 Å². The lowest BCUT2D eigenvalue weighted by Crippen LogP contribution is -2.24. The number of hydrogen-bond acceptors (Lipinski definition) is 1. The first-order chi connectivity index (χ1) is 12.9. The molecule has 0 saturated heterocycles. The molecule has 0 aliphatic carbocycles. The van der Waals surface area contributed by atoms with E-state index in [0.29, 0.717) is 5.92 Å². The van der Waals surface area contributed by atoms with Gasteiger partial charge in [-0.3, -0.25) is 0 Å². The molecule has 0 saturated carbocycles.